The number of carbonyl (C=O) groups excluding carboxylic acids is 8. The highest BCUT2D eigenvalue weighted by molar-refractivity contribution is 6.24. The summed E-state index contributed by atoms with van der Waals surface area (Å²) in [6.45, 7) is 14.7. The van der Waals surface area contributed by atoms with Gasteiger partial charge in [0, 0.05) is 101 Å². The summed E-state index contributed by atoms with van der Waals surface area (Å²) >= 11 is 0. The van der Waals surface area contributed by atoms with Crippen molar-refractivity contribution < 1.29 is 77.0 Å². The number of hydrogen-bond acceptors (Lipinski definition) is 19. The highest BCUT2D eigenvalue weighted by Crippen LogP contribution is 2.31. The van der Waals surface area contributed by atoms with E-state index >= 15 is 0 Å². The Kier molecular flexibility index (Phi) is 27.1. The number of allylic oxidation sites excluding steroid dienone is 8. The minimum Gasteiger partial charge on any atom is -0.439 e. The van der Waals surface area contributed by atoms with Crippen LogP contribution < -0.4 is 32.7 Å². The molecule has 10 N–H and O–H groups in total. The van der Waals surface area contributed by atoms with E-state index in [-0.39, 0.29) is 95.7 Å². The van der Waals surface area contributed by atoms with Crippen molar-refractivity contribution in [3.05, 3.63) is 117 Å². The molecule has 84 heavy (non-hydrogen) atoms. The van der Waals surface area contributed by atoms with Crippen LogP contribution in [-0.2, 0) is 57.2 Å². The zero-order chi connectivity index (χ0) is 62.7. The molecule has 4 aliphatic rings. The van der Waals surface area contributed by atoms with Crippen LogP contribution in [0.2, 0.25) is 0 Å². The number of nitrogens with zero attached hydrogens (tertiary/aromatic N) is 1. The second-order valence-corrected chi connectivity index (χ2v) is 22.0. The maximum Gasteiger partial charge on any atom is 0.405 e. The molecule has 0 aromatic heterocycles. The van der Waals surface area contributed by atoms with E-state index in [1.807, 2.05) is 18.7 Å². The third kappa shape index (κ3) is 19.5. The molecule has 0 saturated heterocycles. The third-order valence-electron chi connectivity index (χ3n) is 15.2. The van der Waals surface area contributed by atoms with Crippen LogP contribution in [0.5, 0.6) is 0 Å². The van der Waals surface area contributed by atoms with Gasteiger partial charge in [0.1, 0.15) is 12.2 Å². The molecule has 0 aromatic rings. The van der Waals surface area contributed by atoms with Crippen LogP contribution in [0.4, 0.5) is 9.59 Å². The zero-order valence-corrected chi connectivity index (χ0v) is 50.6. The number of primary amides is 2. The number of amides is 4. The first-order valence-corrected chi connectivity index (χ1v) is 28.0. The molecule has 12 atom stereocenters. The molecule has 23 nitrogen and oxygen atoms in total. The largest absolute Gasteiger partial charge is 0.439 e. The van der Waals surface area contributed by atoms with Gasteiger partial charge < -0.3 is 76.3 Å². The summed E-state index contributed by atoms with van der Waals surface area (Å²) in [6.07, 6.45) is 5.89. The molecule has 2 heterocycles. The van der Waals surface area contributed by atoms with E-state index in [0.717, 1.165) is 12.2 Å². The van der Waals surface area contributed by atoms with Crippen molar-refractivity contribution in [1.29, 1.82) is 0 Å². The molecule has 0 saturated carbocycles. The van der Waals surface area contributed by atoms with Gasteiger partial charge in [0.15, 0.2) is 12.2 Å². The first kappa shape index (κ1) is 69.4. The predicted molar refractivity (Wildman–Crippen MR) is 313 cm³/mol. The Hall–Kier alpha value is -7.12. The number of ether oxygens (including phenoxy) is 6. The van der Waals surface area contributed by atoms with Crippen LogP contribution in [0.3, 0.4) is 0 Å². The van der Waals surface area contributed by atoms with E-state index in [1.165, 1.54) is 66.6 Å². The maximum absolute atomic E-state index is 14.4. The van der Waals surface area contributed by atoms with Gasteiger partial charge in [-0.3, -0.25) is 28.8 Å². The highest BCUT2D eigenvalue weighted by atomic mass is 16.6. The number of carbonyl (C=O) groups is 8. The number of hydrogen-bond donors (Lipinski definition) is 8. The Labute approximate surface area is 492 Å². The quantitative estimate of drug-likeness (QED) is 0.0909. The number of aliphatic hydroxyl groups is 2. The van der Waals surface area contributed by atoms with E-state index in [1.54, 1.807) is 59.0 Å². The van der Waals surface area contributed by atoms with E-state index in [2.05, 4.69) is 21.3 Å². The van der Waals surface area contributed by atoms with Gasteiger partial charge in [-0.1, -0.05) is 76.3 Å². The number of Topliss-reactive ketones (excluding diaryl/α,β-unsaturated/α-hetero) is 2. The topological polar surface area (TPSA) is 336 Å². The van der Waals surface area contributed by atoms with Crippen molar-refractivity contribution in [3.63, 3.8) is 0 Å². The highest BCUT2D eigenvalue weighted by Gasteiger charge is 2.36. The minimum atomic E-state index is -1.07. The number of ketones is 4. The van der Waals surface area contributed by atoms with Gasteiger partial charge >= 0.3 is 12.2 Å². The summed E-state index contributed by atoms with van der Waals surface area (Å²) in [5.74, 6) is -5.35. The van der Waals surface area contributed by atoms with Crippen molar-refractivity contribution in [2.75, 3.05) is 61.7 Å². The standard InChI is InChI=1S/C61H87N7O16/c1-32-24-40-50(44(69)30-42(54(40)73)66-58(75)34(3)16-14-18-46(79-10)56(83-60(62)77)38(7)28-36(5)52(71)48(26-32)81-12)64-20-22-68(9)23-21-65-51-41-25-33(2)27-49(82-13)53(72)37(6)29-39(8)57(84-61(63)78)47(80-11)19-15-17-35(4)59(76)67-43(55(41)74)31-45(51)70/h14-19,28-33,36-37,46-49,52-53,56-57,64-65,71-72H,20-27H2,1-13H3,(H2,62,77)(H2,63,78)(H,66,75)(H,67,76)/b18-14-,19-15-,34-16+,35-17+,38-28+,39-29+. The van der Waals surface area contributed by atoms with Gasteiger partial charge in [0.25, 0.3) is 11.8 Å². The number of likely N-dealkylation sites (N-methyl/N-ethyl adjacent to an activating group) is 1. The Balaban J connectivity index is 1.59. The smallest absolute Gasteiger partial charge is 0.405 e. The SMILES string of the molecule is COC1/C=C\C=C(/C)C(=O)NC2=CC(=O)C(NCCN(C)CCNC3=C4CC(C)CC(OC)C(O)C(C)/C=C(\C)C(OC(N)=O)C(OC)/C=C\C=C(/C)C(=O)NC(=CC3=O)C4=O)=C(CC(C)CC(OC)C(O)C(C)/C=C(\C)C1OC(N)=O)C2=O. The fourth-order valence-electron chi connectivity index (χ4n) is 10.4. The Morgan fingerprint density at radius 3 is 1.29 bits per heavy atom. The minimum absolute atomic E-state index is 0.0447. The Morgan fingerprint density at radius 1 is 0.607 bits per heavy atom. The second-order valence-electron chi connectivity index (χ2n) is 22.0. The van der Waals surface area contributed by atoms with Crippen LogP contribution in [0.25, 0.3) is 0 Å². The summed E-state index contributed by atoms with van der Waals surface area (Å²) in [4.78, 5) is 110. The second kappa shape index (κ2) is 32.8. The molecular weight excluding hydrogens is 1090 g/mol. The summed E-state index contributed by atoms with van der Waals surface area (Å²) in [5, 5.41) is 34.7. The lowest BCUT2D eigenvalue weighted by Crippen LogP contribution is -2.40. The third-order valence-corrected chi connectivity index (χ3v) is 15.2. The van der Waals surface area contributed by atoms with E-state index in [0.29, 0.717) is 24.2 Å². The first-order valence-electron chi connectivity index (χ1n) is 28.0. The van der Waals surface area contributed by atoms with Crippen molar-refractivity contribution in [1.82, 2.24) is 26.2 Å². The molecular formula is C61H87N7O16. The maximum atomic E-state index is 14.4. The predicted octanol–water partition coefficient (Wildman–Crippen LogP) is 3.65. The average molecular weight is 1170 g/mol. The molecule has 0 spiro atoms. The molecule has 4 rings (SSSR count). The van der Waals surface area contributed by atoms with Gasteiger partial charge in [-0.25, -0.2) is 9.59 Å². The summed E-state index contributed by atoms with van der Waals surface area (Å²) in [5.41, 5.74) is 12.2. The fourth-order valence-corrected chi connectivity index (χ4v) is 10.4. The molecule has 2 aliphatic carbocycles. The molecule has 0 fully saturated rings. The molecule has 12 unspecified atom stereocenters. The van der Waals surface area contributed by atoms with Gasteiger partial charge in [0.05, 0.1) is 47.2 Å². The van der Waals surface area contributed by atoms with Crippen molar-refractivity contribution >= 4 is 47.1 Å². The van der Waals surface area contributed by atoms with Crippen LogP contribution in [-0.4, -0.2) is 173 Å². The van der Waals surface area contributed by atoms with Crippen molar-refractivity contribution in [2.45, 2.75) is 130 Å². The van der Waals surface area contributed by atoms with Crippen molar-refractivity contribution in [2.24, 2.45) is 35.1 Å². The summed E-state index contributed by atoms with van der Waals surface area (Å²) in [7, 11) is 7.54. The number of aliphatic hydroxyl groups excluding tert-OH is 2. The van der Waals surface area contributed by atoms with Gasteiger partial charge in [-0.15, -0.1) is 0 Å². The lowest BCUT2D eigenvalue weighted by atomic mass is 9.85. The van der Waals surface area contributed by atoms with E-state index in [9.17, 15) is 48.6 Å². The lowest BCUT2D eigenvalue weighted by Gasteiger charge is -2.30. The molecule has 462 valence electrons. The number of methoxy groups -OCH3 is 4. The number of nitrogens with two attached hydrogens (primary N) is 2. The van der Waals surface area contributed by atoms with E-state index in [4.69, 9.17) is 39.9 Å². The van der Waals surface area contributed by atoms with Gasteiger partial charge in [0.2, 0.25) is 23.1 Å². The van der Waals surface area contributed by atoms with Crippen LogP contribution >= 0.6 is 0 Å². The Bertz CT molecular complexity index is 2600. The summed E-state index contributed by atoms with van der Waals surface area (Å²) in [6, 6.07) is 0. The van der Waals surface area contributed by atoms with Gasteiger partial charge in [-0.2, -0.15) is 0 Å². The van der Waals surface area contributed by atoms with Gasteiger partial charge in [-0.05, 0) is 83.4 Å². The zero-order valence-electron chi connectivity index (χ0n) is 50.6. The fraction of sp³-hybridized carbons (Fsp3) is 0.541. The molecule has 0 aromatic carbocycles. The number of rotatable bonds is 14. The molecule has 4 amide bonds. The molecule has 23 heteroatoms. The average Bonchev–Trinajstić information content (AvgIpc) is 2.31. The van der Waals surface area contributed by atoms with Crippen LogP contribution in [0.1, 0.15) is 81.1 Å². The molecule has 0 radical (unpaired) electrons. The van der Waals surface area contributed by atoms with E-state index < -0.39 is 108 Å². The van der Waals surface area contributed by atoms with Crippen LogP contribution in [0.15, 0.2) is 117 Å². The number of nitrogens with one attached hydrogen (secondary N) is 4. The number of fused-ring (bicyclic) bond motifs is 4. The first-order chi connectivity index (χ1) is 39.6. The molecule has 4 bridgehead atoms. The van der Waals surface area contributed by atoms with Crippen molar-refractivity contribution in [3.8, 4) is 0 Å². The normalized spacial score (nSPS) is 32.0. The monoisotopic (exact) mass is 1170 g/mol. The van der Waals surface area contributed by atoms with Crippen LogP contribution in [0, 0.1) is 23.7 Å². The summed E-state index contributed by atoms with van der Waals surface area (Å²) < 4.78 is 33.7. The molecule has 2 aliphatic heterocycles. The Morgan fingerprint density at radius 2 is 0.964 bits per heavy atom. The lowest BCUT2D eigenvalue weighted by molar-refractivity contribution is -0.120.